The molecule has 2 amide bonds. The fourth-order valence-electron chi connectivity index (χ4n) is 2.54. The zero-order chi connectivity index (χ0) is 20.1. The molecule has 3 aromatic rings. The van der Waals surface area contributed by atoms with Crippen molar-refractivity contribution in [2.75, 3.05) is 11.9 Å². The minimum atomic E-state index is -0.711. The van der Waals surface area contributed by atoms with E-state index in [-0.39, 0.29) is 12.2 Å². The first kappa shape index (κ1) is 19.5. The predicted molar refractivity (Wildman–Crippen MR) is 110 cm³/mol. The second-order valence-corrected chi connectivity index (χ2v) is 6.81. The van der Waals surface area contributed by atoms with Crippen LogP contribution in [0.15, 0.2) is 69.9 Å². The summed E-state index contributed by atoms with van der Waals surface area (Å²) in [6.45, 7) is 1.44. The highest BCUT2D eigenvalue weighted by molar-refractivity contribution is 9.10. The van der Waals surface area contributed by atoms with Crippen LogP contribution in [0, 0.1) is 6.92 Å². The minimum Gasteiger partial charge on any atom is -0.341 e. The first-order valence-corrected chi connectivity index (χ1v) is 9.24. The van der Waals surface area contributed by atoms with Gasteiger partial charge >= 0.3 is 0 Å². The van der Waals surface area contributed by atoms with Crippen molar-refractivity contribution in [1.29, 1.82) is 0 Å². The van der Waals surface area contributed by atoms with Crippen molar-refractivity contribution in [3.63, 3.8) is 0 Å². The SMILES string of the molecule is Cc1cc(=O)c(C(=O)NCC(=O)Nc2ccccc2Br)nn1-c1ccccc1. The highest BCUT2D eigenvalue weighted by atomic mass is 79.9. The molecule has 7 nitrogen and oxygen atoms in total. The third-order valence-electron chi connectivity index (χ3n) is 3.88. The Morgan fingerprint density at radius 2 is 1.75 bits per heavy atom. The quantitative estimate of drug-likeness (QED) is 0.637. The van der Waals surface area contributed by atoms with Gasteiger partial charge in [-0.3, -0.25) is 14.4 Å². The van der Waals surface area contributed by atoms with Gasteiger partial charge in [-0.25, -0.2) is 4.68 Å². The van der Waals surface area contributed by atoms with Crippen LogP contribution in [0.3, 0.4) is 0 Å². The lowest BCUT2D eigenvalue weighted by molar-refractivity contribution is -0.115. The lowest BCUT2D eigenvalue weighted by Crippen LogP contribution is -2.37. The topological polar surface area (TPSA) is 93.1 Å². The Bertz CT molecular complexity index is 1080. The summed E-state index contributed by atoms with van der Waals surface area (Å²) in [7, 11) is 0. The van der Waals surface area contributed by atoms with Crippen LogP contribution in [0.5, 0.6) is 0 Å². The number of benzene rings is 2. The second kappa shape index (κ2) is 8.62. The highest BCUT2D eigenvalue weighted by Gasteiger charge is 2.16. The van der Waals surface area contributed by atoms with Gasteiger partial charge in [0.1, 0.15) is 0 Å². The molecule has 0 spiro atoms. The van der Waals surface area contributed by atoms with E-state index in [2.05, 4.69) is 31.7 Å². The first-order chi connectivity index (χ1) is 13.5. The molecule has 142 valence electrons. The average Bonchev–Trinajstić information content (AvgIpc) is 2.69. The van der Waals surface area contributed by atoms with E-state index in [0.717, 1.165) is 10.2 Å². The molecule has 0 aliphatic rings. The molecular formula is C20H17BrN4O3. The summed E-state index contributed by atoms with van der Waals surface area (Å²) in [5.74, 6) is -1.13. The Labute approximate surface area is 169 Å². The number of nitrogens with zero attached hydrogens (tertiary/aromatic N) is 2. The smallest absolute Gasteiger partial charge is 0.276 e. The number of rotatable bonds is 5. The zero-order valence-electron chi connectivity index (χ0n) is 15.0. The second-order valence-electron chi connectivity index (χ2n) is 5.96. The number of halogens is 1. The molecule has 8 heteroatoms. The molecule has 0 fully saturated rings. The summed E-state index contributed by atoms with van der Waals surface area (Å²) in [4.78, 5) is 36.7. The molecule has 0 saturated carbocycles. The Hall–Kier alpha value is -3.26. The molecule has 0 atom stereocenters. The van der Waals surface area contributed by atoms with Crippen LogP contribution in [0.4, 0.5) is 5.69 Å². The number of aromatic nitrogens is 2. The van der Waals surface area contributed by atoms with E-state index in [1.807, 2.05) is 36.4 Å². The van der Waals surface area contributed by atoms with Crippen molar-refractivity contribution in [3.05, 3.63) is 86.7 Å². The van der Waals surface area contributed by atoms with Crippen molar-refractivity contribution >= 4 is 33.4 Å². The Balaban J connectivity index is 1.73. The predicted octanol–water partition coefficient (Wildman–Crippen LogP) is 2.67. The van der Waals surface area contributed by atoms with Crippen molar-refractivity contribution < 1.29 is 9.59 Å². The number of para-hydroxylation sites is 2. The third kappa shape index (κ3) is 4.52. The van der Waals surface area contributed by atoms with E-state index >= 15 is 0 Å². The summed E-state index contributed by atoms with van der Waals surface area (Å²) < 4.78 is 2.23. The van der Waals surface area contributed by atoms with Gasteiger partial charge in [-0.1, -0.05) is 30.3 Å². The number of hydrogen-bond donors (Lipinski definition) is 2. The minimum absolute atomic E-state index is 0.275. The van der Waals surface area contributed by atoms with Crippen molar-refractivity contribution in [2.24, 2.45) is 0 Å². The van der Waals surface area contributed by atoms with Gasteiger partial charge in [-0.15, -0.1) is 0 Å². The van der Waals surface area contributed by atoms with Gasteiger partial charge in [-0.05, 0) is 47.1 Å². The Morgan fingerprint density at radius 1 is 1.07 bits per heavy atom. The molecule has 1 aromatic heterocycles. The molecule has 2 aromatic carbocycles. The van der Waals surface area contributed by atoms with Crippen molar-refractivity contribution in [2.45, 2.75) is 6.92 Å². The van der Waals surface area contributed by atoms with E-state index in [0.29, 0.717) is 11.4 Å². The lowest BCUT2D eigenvalue weighted by atomic mass is 10.2. The van der Waals surface area contributed by atoms with Crippen LogP contribution < -0.4 is 16.1 Å². The fraction of sp³-hybridized carbons (Fsp3) is 0.100. The van der Waals surface area contributed by atoms with Gasteiger partial charge in [-0.2, -0.15) is 5.10 Å². The molecule has 0 aliphatic carbocycles. The van der Waals surface area contributed by atoms with Crippen LogP contribution in [-0.4, -0.2) is 28.1 Å². The molecule has 0 aliphatic heterocycles. The van der Waals surface area contributed by atoms with Crippen molar-refractivity contribution in [1.82, 2.24) is 15.1 Å². The van der Waals surface area contributed by atoms with Gasteiger partial charge in [0.25, 0.3) is 5.91 Å². The van der Waals surface area contributed by atoms with Gasteiger partial charge in [0.15, 0.2) is 5.69 Å². The monoisotopic (exact) mass is 440 g/mol. The number of carbonyl (C=O) groups excluding carboxylic acids is 2. The average molecular weight is 441 g/mol. The molecule has 3 rings (SSSR count). The number of amides is 2. The summed E-state index contributed by atoms with van der Waals surface area (Å²) in [6, 6.07) is 17.6. The maximum atomic E-state index is 12.4. The van der Waals surface area contributed by atoms with Crippen molar-refractivity contribution in [3.8, 4) is 5.69 Å². The van der Waals surface area contributed by atoms with Crippen LogP contribution in [0.1, 0.15) is 16.2 Å². The molecule has 2 N–H and O–H groups in total. The van der Waals surface area contributed by atoms with Crippen LogP contribution in [-0.2, 0) is 4.79 Å². The number of anilines is 1. The molecular weight excluding hydrogens is 424 g/mol. The highest BCUT2D eigenvalue weighted by Crippen LogP contribution is 2.20. The number of nitrogens with one attached hydrogen (secondary N) is 2. The Kier molecular flexibility index (Phi) is 6.00. The van der Waals surface area contributed by atoms with Crippen LogP contribution in [0.25, 0.3) is 5.69 Å². The number of hydrogen-bond acceptors (Lipinski definition) is 4. The Morgan fingerprint density at radius 3 is 2.46 bits per heavy atom. The standard InChI is InChI=1S/C20H17BrN4O3/c1-13-11-17(26)19(24-25(13)14-7-3-2-4-8-14)20(28)22-12-18(27)23-16-10-6-5-9-15(16)21/h2-11H,12H2,1H3,(H,22,28)(H,23,27). The summed E-state index contributed by atoms with van der Waals surface area (Å²) in [6.07, 6.45) is 0. The van der Waals surface area contributed by atoms with Gasteiger partial charge in [0.2, 0.25) is 11.3 Å². The van der Waals surface area contributed by atoms with Gasteiger partial charge in [0, 0.05) is 16.2 Å². The molecule has 0 saturated heterocycles. The van der Waals surface area contributed by atoms with Crippen LogP contribution in [0.2, 0.25) is 0 Å². The fourth-order valence-corrected chi connectivity index (χ4v) is 2.92. The first-order valence-electron chi connectivity index (χ1n) is 8.44. The van der Waals surface area contributed by atoms with E-state index in [1.165, 1.54) is 10.7 Å². The molecule has 0 bridgehead atoms. The largest absolute Gasteiger partial charge is 0.341 e. The zero-order valence-corrected chi connectivity index (χ0v) is 16.6. The third-order valence-corrected chi connectivity index (χ3v) is 4.57. The van der Waals surface area contributed by atoms with E-state index in [1.54, 1.807) is 25.1 Å². The maximum absolute atomic E-state index is 12.4. The van der Waals surface area contributed by atoms with E-state index in [4.69, 9.17) is 0 Å². The van der Waals surface area contributed by atoms with Crippen LogP contribution >= 0.6 is 15.9 Å². The summed E-state index contributed by atoms with van der Waals surface area (Å²) in [5, 5.41) is 9.28. The van der Waals surface area contributed by atoms with E-state index < -0.39 is 17.2 Å². The molecule has 1 heterocycles. The summed E-state index contributed by atoms with van der Waals surface area (Å²) >= 11 is 3.33. The molecule has 0 unspecified atom stereocenters. The summed E-state index contributed by atoms with van der Waals surface area (Å²) in [5.41, 5.74) is 1.12. The molecule has 0 radical (unpaired) electrons. The normalized spacial score (nSPS) is 10.4. The van der Waals surface area contributed by atoms with Gasteiger partial charge in [0.05, 0.1) is 17.9 Å². The molecule has 28 heavy (non-hydrogen) atoms. The van der Waals surface area contributed by atoms with Gasteiger partial charge < -0.3 is 10.6 Å². The van der Waals surface area contributed by atoms with E-state index in [9.17, 15) is 14.4 Å². The lowest BCUT2D eigenvalue weighted by Gasteiger charge is -2.11. The number of carbonyl (C=O) groups is 2. The maximum Gasteiger partial charge on any atom is 0.276 e. The number of aryl methyl sites for hydroxylation is 1.